The molecule has 1 aromatic carbocycles. The normalized spacial score (nSPS) is 18.9. The maximum Gasteiger partial charge on any atom is 0.314 e. The lowest BCUT2D eigenvalue weighted by molar-refractivity contribution is 0.0867. The van der Waals surface area contributed by atoms with E-state index in [1.54, 1.807) is 18.7 Å². The van der Waals surface area contributed by atoms with Crippen molar-refractivity contribution in [3.63, 3.8) is 0 Å². The van der Waals surface area contributed by atoms with Crippen molar-refractivity contribution in [1.29, 1.82) is 0 Å². The number of carbonyl (C=O) groups excluding carboxylic acids is 1. The first-order valence-electron chi connectivity index (χ1n) is 7.76. The molecular formula is C17H26N2O2S. The summed E-state index contributed by atoms with van der Waals surface area (Å²) < 4.78 is 0. The predicted molar refractivity (Wildman–Crippen MR) is 92.4 cm³/mol. The Bertz CT molecular complexity index is 487. The van der Waals surface area contributed by atoms with Crippen LogP contribution >= 0.6 is 11.8 Å². The summed E-state index contributed by atoms with van der Waals surface area (Å²) in [6, 6.07) is 10.2. The van der Waals surface area contributed by atoms with E-state index in [1.165, 1.54) is 12.0 Å². The Hall–Kier alpha value is -1.20. The Morgan fingerprint density at radius 1 is 1.32 bits per heavy atom. The maximum atomic E-state index is 12.0. The van der Waals surface area contributed by atoms with E-state index in [2.05, 4.69) is 34.9 Å². The fraction of sp³-hybridized carbons (Fsp3) is 0.588. The van der Waals surface area contributed by atoms with E-state index < -0.39 is 5.60 Å². The number of hydrogen-bond donors (Lipinski definition) is 3. The van der Waals surface area contributed by atoms with Crippen LogP contribution in [0.25, 0.3) is 0 Å². The van der Waals surface area contributed by atoms with Gasteiger partial charge in [0.1, 0.15) is 0 Å². The summed E-state index contributed by atoms with van der Waals surface area (Å²) in [5, 5.41) is 15.8. The number of aliphatic hydroxyl groups is 1. The van der Waals surface area contributed by atoms with Crippen molar-refractivity contribution < 1.29 is 9.90 Å². The van der Waals surface area contributed by atoms with Crippen LogP contribution in [0.3, 0.4) is 0 Å². The highest BCUT2D eigenvalue weighted by atomic mass is 32.2. The van der Waals surface area contributed by atoms with Crippen LogP contribution in [0.4, 0.5) is 4.79 Å². The van der Waals surface area contributed by atoms with Crippen molar-refractivity contribution in [3.8, 4) is 0 Å². The van der Waals surface area contributed by atoms with E-state index in [1.807, 2.05) is 12.3 Å². The van der Waals surface area contributed by atoms with Gasteiger partial charge in [0.15, 0.2) is 0 Å². The second-order valence-corrected chi connectivity index (χ2v) is 7.33. The second kappa shape index (κ2) is 7.38. The summed E-state index contributed by atoms with van der Waals surface area (Å²) in [5.41, 5.74) is 0.515. The molecule has 5 heteroatoms. The zero-order valence-electron chi connectivity index (χ0n) is 13.4. The molecule has 1 saturated carbocycles. The largest absolute Gasteiger partial charge is 0.387 e. The van der Waals surface area contributed by atoms with Gasteiger partial charge in [0.05, 0.1) is 5.60 Å². The van der Waals surface area contributed by atoms with Gasteiger partial charge >= 0.3 is 6.03 Å². The average Bonchev–Trinajstić information content (AvgIpc) is 2.45. The van der Waals surface area contributed by atoms with Gasteiger partial charge in [-0.15, -0.1) is 0 Å². The number of thioether (sulfide) groups is 1. The first-order valence-corrected chi connectivity index (χ1v) is 9.15. The molecule has 1 fully saturated rings. The summed E-state index contributed by atoms with van der Waals surface area (Å²) in [6.45, 7) is 2.65. The molecule has 1 aromatic rings. The fourth-order valence-corrected chi connectivity index (χ4v) is 3.63. The topological polar surface area (TPSA) is 61.4 Å². The average molecular weight is 322 g/mol. The summed E-state index contributed by atoms with van der Waals surface area (Å²) >= 11 is 1.57. The van der Waals surface area contributed by atoms with Crippen molar-refractivity contribution in [3.05, 3.63) is 35.9 Å². The van der Waals surface area contributed by atoms with E-state index in [0.29, 0.717) is 12.3 Å². The third-order valence-electron chi connectivity index (χ3n) is 4.37. The van der Waals surface area contributed by atoms with Gasteiger partial charge in [-0.2, -0.15) is 11.8 Å². The van der Waals surface area contributed by atoms with Gasteiger partial charge in [-0.25, -0.2) is 4.79 Å². The number of carbonyl (C=O) groups is 1. The summed E-state index contributed by atoms with van der Waals surface area (Å²) in [7, 11) is 0. The molecule has 1 aliphatic rings. The lowest BCUT2D eigenvalue weighted by Crippen LogP contribution is -2.51. The van der Waals surface area contributed by atoms with Crippen molar-refractivity contribution in [2.24, 2.45) is 0 Å². The van der Waals surface area contributed by atoms with Crippen LogP contribution < -0.4 is 10.6 Å². The Kier molecular flexibility index (Phi) is 5.75. The van der Waals surface area contributed by atoms with Crippen molar-refractivity contribution >= 4 is 17.8 Å². The Morgan fingerprint density at radius 3 is 2.55 bits per heavy atom. The number of urea groups is 1. The molecule has 22 heavy (non-hydrogen) atoms. The van der Waals surface area contributed by atoms with Gasteiger partial charge in [0.2, 0.25) is 0 Å². The molecule has 0 radical (unpaired) electrons. The van der Waals surface area contributed by atoms with Crippen molar-refractivity contribution in [1.82, 2.24) is 10.6 Å². The molecule has 0 aromatic heterocycles. The van der Waals surface area contributed by atoms with Crippen molar-refractivity contribution in [2.45, 2.75) is 37.2 Å². The van der Waals surface area contributed by atoms with Crippen LogP contribution in [0.15, 0.2) is 30.3 Å². The molecular weight excluding hydrogens is 296 g/mol. The third kappa shape index (κ3) is 4.40. The van der Waals surface area contributed by atoms with E-state index in [-0.39, 0.29) is 18.0 Å². The Labute approximate surface area is 137 Å². The third-order valence-corrected chi connectivity index (χ3v) is 5.28. The molecule has 0 aliphatic heterocycles. The van der Waals surface area contributed by atoms with Crippen molar-refractivity contribution in [2.75, 3.05) is 25.1 Å². The van der Waals surface area contributed by atoms with Gasteiger partial charge in [-0.1, -0.05) is 36.8 Å². The molecule has 1 atom stereocenters. The predicted octanol–water partition coefficient (Wildman–Crippen LogP) is 2.52. The monoisotopic (exact) mass is 322 g/mol. The lowest BCUT2D eigenvalue weighted by Gasteiger charge is -2.42. The first-order chi connectivity index (χ1) is 10.5. The standard InChI is InChI=1S/C17H26N2O2S/c1-16(21,13-22-2)11-18-15(20)19-12-17(9-6-10-17)14-7-4-3-5-8-14/h3-5,7-8,21H,6,9-13H2,1-2H3,(H2,18,19,20). The molecule has 1 unspecified atom stereocenters. The fourth-order valence-electron chi connectivity index (χ4n) is 2.91. The molecule has 0 saturated heterocycles. The molecule has 4 nitrogen and oxygen atoms in total. The number of hydrogen-bond acceptors (Lipinski definition) is 3. The summed E-state index contributed by atoms with van der Waals surface area (Å²) in [6.07, 6.45) is 5.37. The number of rotatable bonds is 7. The molecule has 0 spiro atoms. The van der Waals surface area contributed by atoms with Crippen LogP contribution in [0.1, 0.15) is 31.7 Å². The highest BCUT2D eigenvalue weighted by Gasteiger charge is 2.38. The van der Waals surface area contributed by atoms with E-state index >= 15 is 0 Å². The molecule has 122 valence electrons. The maximum absolute atomic E-state index is 12.0. The zero-order valence-corrected chi connectivity index (χ0v) is 14.2. The quantitative estimate of drug-likeness (QED) is 0.723. The van der Waals surface area contributed by atoms with Crippen LogP contribution in [-0.2, 0) is 5.41 Å². The lowest BCUT2D eigenvalue weighted by atomic mass is 9.64. The molecule has 0 bridgehead atoms. The van der Waals surface area contributed by atoms with Gasteiger partial charge < -0.3 is 15.7 Å². The smallest absolute Gasteiger partial charge is 0.314 e. The van der Waals surface area contributed by atoms with Crippen LogP contribution in [0.5, 0.6) is 0 Å². The van der Waals surface area contributed by atoms with Gasteiger partial charge in [0, 0.05) is 24.3 Å². The number of amides is 2. The molecule has 2 amide bonds. The second-order valence-electron chi connectivity index (χ2n) is 6.47. The van der Waals surface area contributed by atoms with Gasteiger partial charge in [-0.05, 0) is 31.6 Å². The summed E-state index contributed by atoms with van der Waals surface area (Å²) in [5.74, 6) is 0.598. The minimum atomic E-state index is -0.871. The van der Waals surface area contributed by atoms with Crippen LogP contribution in [0.2, 0.25) is 0 Å². The minimum Gasteiger partial charge on any atom is -0.387 e. The Morgan fingerprint density at radius 2 is 2.00 bits per heavy atom. The van der Waals surface area contributed by atoms with Gasteiger partial charge in [-0.3, -0.25) is 0 Å². The highest BCUT2D eigenvalue weighted by molar-refractivity contribution is 7.98. The first kappa shape index (κ1) is 17.2. The SMILES string of the molecule is CSCC(C)(O)CNC(=O)NCC1(c2ccccc2)CCC1. The molecule has 3 N–H and O–H groups in total. The summed E-state index contributed by atoms with van der Waals surface area (Å²) in [4.78, 5) is 12.0. The zero-order chi connectivity index (χ0) is 16.1. The van der Waals surface area contributed by atoms with E-state index in [4.69, 9.17) is 0 Å². The van der Waals surface area contributed by atoms with E-state index in [9.17, 15) is 9.90 Å². The van der Waals surface area contributed by atoms with Crippen LogP contribution in [-0.4, -0.2) is 41.8 Å². The Balaban J connectivity index is 1.83. The van der Waals surface area contributed by atoms with E-state index in [0.717, 1.165) is 12.8 Å². The molecule has 1 aliphatic carbocycles. The number of benzene rings is 1. The number of nitrogens with one attached hydrogen (secondary N) is 2. The van der Waals surface area contributed by atoms with Gasteiger partial charge in [0.25, 0.3) is 0 Å². The molecule has 2 rings (SSSR count). The highest BCUT2D eigenvalue weighted by Crippen LogP contribution is 2.43. The van der Waals surface area contributed by atoms with Crippen LogP contribution in [0, 0.1) is 0 Å². The molecule has 0 heterocycles. The minimum absolute atomic E-state index is 0.0837.